The quantitative estimate of drug-likeness (QED) is 0.823. The Hall–Kier alpha value is -3.08. The van der Waals surface area contributed by atoms with Gasteiger partial charge < -0.3 is 15.4 Å². The van der Waals surface area contributed by atoms with E-state index >= 15 is 0 Å². The van der Waals surface area contributed by atoms with Gasteiger partial charge in [-0.2, -0.15) is 0 Å². The van der Waals surface area contributed by atoms with Crippen molar-refractivity contribution in [2.24, 2.45) is 0 Å². The van der Waals surface area contributed by atoms with Crippen molar-refractivity contribution in [2.75, 3.05) is 13.1 Å². The fraction of sp³-hybridized carbons (Fsp3) is 0.158. The fourth-order valence-electron chi connectivity index (χ4n) is 1.92. The molecule has 0 fully saturated rings. The van der Waals surface area contributed by atoms with Crippen LogP contribution in [0.25, 0.3) is 6.08 Å². The largest absolute Gasteiger partial charge is 0.445 e. The van der Waals surface area contributed by atoms with Crippen molar-refractivity contribution in [2.45, 2.75) is 6.61 Å². The van der Waals surface area contributed by atoms with Gasteiger partial charge in [0.05, 0.1) is 0 Å². The van der Waals surface area contributed by atoms with Crippen LogP contribution >= 0.6 is 0 Å². The van der Waals surface area contributed by atoms with E-state index in [1.807, 2.05) is 72.8 Å². The van der Waals surface area contributed by atoms with E-state index < -0.39 is 6.09 Å². The summed E-state index contributed by atoms with van der Waals surface area (Å²) in [7, 11) is 0. The first-order valence-electron chi connectivity index (χ1n) is 7.67. The van der Waals surface area contributed by atoms with Crippen molar-refractivity contribution in [1.29, 1.82) is 0 Å². The van der Waals surface area contributed by atoms with Gasteiger partial charge in [0, 0.05) is 6.54 Å². The van der Waals surface area contributed by atoms with Gasteiger partial charge in [-0.15, -0.1) is 0 Å². The van der Waals surface area contributed by atoms with Crippen molar-refractivity contribution in [3.8, 4) is 0 Å². The van der Waals surface area contributed by atoms with E-state index in [0.29, 0.717) is 6.54 Å². The molecule has 2 rings (SSSR count). The summed E-state index contributed by atoms with van der Waals surface area (Å²) in [6, 6.07) is 19.1. The summed E-state index contributed by atoms with van der Waals surface area (Å²) in [6.07, 6.45) is 3.15. The molecular weight excluding hydrogens is 304 g/mol. The molecule has 0 atom stereocenters. The van der Waals surface area contributed by atoms with Gasteiger partial charge in [-0.05, 0) is 11.1 Å². The minimum absolute atomic E-state index is 0.118. The van der Waals surface area contributed by atoms with E-state index in [1.165, 1.54) is 0 Å². The predicted molar refractivity (Wildman–Crippen MR) is 93.1 cm³/mol. The van der Waals surface area contributed by atoms with Gasteiger partial charge in [0.15, 0.2) is 0 Å². The highest BCUT2D eigenvalue weighted by Gasteiger charge is 2.05. The highest BCUT2D eigenvalue weighted by molar-refractivity contribution is 5.82. The molecular formula is C19H20N2O3. The zero-order chi connectivity index (χ0) is 17.0. The van der Waals surface area contributed by atoms with Crippen molar-refractivity contribution in [3.63, 3.8) is 0 Å². The van der Waals surface area contributed by atoms with Crippen LogP contribution in [0.15, 0.2) is 66.7 Å². The molecule has 0 aromatic heterocycles. The third-order valence-electron chi connectivity index (χ3n) is 3.13. The highest BCUT2D eigenvalue weighted by Crippen LogP contribution is 2.01. The molecule has 0 spiro atoms. The summed E-state index contributed by atoms with van der Waals surface area (Å²) in [4.78, 5) is 23.1. The average molecular weight is 324 g/mol. The van der Waals surface area contributed by atoms with E-state index in [2.05, 4.69) is 10.6 Å². The highest BCUT2D eigenvalue weighted by atomic mass is 16.5. The summed E-state index contributed by atoms with van der Waals surface area (Å²) in [5.41, 5.74) is 1.96. The molecule has 24 heavy (non-hydrogen) atoms. The van der Waals surface area contributed by atoms with E-state index in [4.69, 9.17) is 4.74 Å². The number of nitrogens with one attached hydrogen (secondary N) is 2. The zero-order valence-electron chi connectivity index (χ0n) is 13.3. The van der Waals surface area contributed by atoms with Crippen LogP contribution in [0.1, 0.15) is 11.1 Å². The van der Waals surface area contributed by atoms with Crippen LogP contribution in [0, 0.1) is 0 Å². The normalized spacial score (nSPS) is 10.3. The summed E-state index contributed by atoms with van der Waals surface area (Å²) in [6.45, 7) is 0.454. The number of benzene rings is 2. The lowest BCUT2D eigenvalue weighted by atomic mass is 10.2. The summed E-state index contributed by atoms with van der Waals surface area (Å²) >= 11 is 0. The molecule has 5 heteroatoms. The number of amides is 2. The van der Waals surface area contributed by atoms with Gasteiger partial charge in [0.25, 0.3) is 0 Å². The van der Waals surface area contributed by atoms with Crippen molar-refractivity contribution >= 4 is 18.1 Å². The molecule has 0 aliphatic rings. The van der Waals surface area contributed by atoms with Crippen molar-refractivity contribution < 1.29 is 14.3 Å². The van der Waals surface area contributed by atoms with Crippen LogP contribution in [0.4, 0.5) is 4.79 Å². The molecule has 0 radical (unpaired) electrons. The molecule has 0 saturated carbocycles. The summed E-state index contributed by atoms with van der Waals surface area (Å²) in [5, 5.41) is 5.10. The van der Waals surface area contributed by atoms with Crippen LogP contribution in [0.5, 0.6) is 0 Å². The number of hydrogen-bond donors (Lipinski definition) is 2. The van der Waals surface area contributed by atoms with Crippen LogP contribution in [0.2, 0.25) is 0 Å². The van der Waals surface area contributed by atoms with Crippen LogP contribution < -0.4 is 10.6 Å². The number of carbonyl (C=O) groups is 2. The molecule has 2 N–H and O–H groups in total. The van der Waals surface area contributed by atoms with E-state index in [9.17, 15) is 9.59 Å². The molecule has 2 aromatic rings. The first-order valence-corrected chi connectivity index (χ1v) is 7.67. The molecule has 0 heterocycles. The molecule has 0 bridgehead atoms. The number of rotatable bonds is 7. The second kappa shape index (κ2) is 9.84. The minimum Gasteiger partial charge on any atom is -0.445 e. The Balaban J connectivity index is 1.59. The molecule has 124 valence electrons. The summed E-state index contributed by atoms with van der Waals surface area (Å²) < 4.78 is 5.02. The number of hydrogen-bond acceptors (Lipinski definition) is 3. The second-order valence-corrected chi connectivity index (χ2v) is 5.03. The molecule has 5 nitrogen and oxygen atoms in total. The van der Waals surface area contributed by atoms with E-state index in [0.717, 1.165) is 11.1 Å². The van der Waals surface area contributed by atoms with Gasteiger partial charge in [0.1, 0.15) is 13.2 Å². The van der Waals surface area contributed by atoms with Crippen LogP contribution in [0.3, 0.4) is 0 Å². The molecule has 0 aliphatic heterocycles. The lowest BCUT2D eigenvalue weighted by molar-refractivity contribution is -0.119. The van der Waals surface area contributed by atoms with Gasteiger partial charge in [-0.25, -0.2) is 4.79 Å². The maximum absolute atomic E-state index is 11.6. The monoisotopic (exact) mass is 324 g/mol. The molecule has 0 unspecified atom stereocenters. The van der Waals surface area contributed by atoms with Gasteiger partial charge >= 0.3 is 6.09 Å². The Labute approximate surface area is 141 Å². The molecule has 0 saturated heterocycles. The van der Waals surface area contributed by atoms with E-state index in [-0.39, 0.29) is 19.1 Å². The van der Waals surface area contributed by atoms with Gasteiger partial charge in [0.2, 0.25) is 5.91 Å². The Bertz CT molecular complexity index is 670. The molecule has 2 amide bonds. The zero-order valence-corrected chi connectivity index (χ0v) is 13.3. The Morgan fingerprint density at radius 3 is 2.29 bits per heavy atom. The SMILES string of the molecule is O=C(CNC(=O)OCc1ccccc1)NC/C=C/c1ccccc1. The Morgan fingerprint density at radius 2 is 1.58 bits per heavy atom. The summed E-state index contributed by atoms with van der Waals surface area (Å²) in [5.74, 6) is -0.274. The lowest BCUT2D eigenvalue weighted by Crippen LogP contribution is -2.37. The average Bonchev–Trinajstić information content (AvgIpc) is 2.63. The smallest absolute Gasteiger partial charge is 0.407 e. The van der Waals surface area contributed by atoms with Crippen LogP contribution in [-0.2, 0) is 16.1 Å². The minimum atomic E-state index is -0.617. The topological polar surface area (TPSA) is 67.4 Å². The van der Waals surface area contributed by atoms with E-state index in [1.54, 1.807) is 0 Å². The standard InChI is InChI=1S/C19H20N2O3/c22-18(20-13-7-12-16-8-3-1-4-9-16)14-21-19(23)24-15-17-10-5-2-6-11-17/h1-12H,13-15H2,(H,20,22)(H,21,23)/b12-7+. The number of alkyl carbamates (subject to hydrolysis) is 1. The third kappa shape index (κ3) is 6.79. The van der Waals surface area contributed by atoms with Gasteiger partial charge in [-0.3, -0.25) is 4.79 Å². The number of carbonyl (C=O) groups excluding carboxylic acids is 2. The maximum atomic E-state index is 11.6. The Morgan fingerprint density at radius 1 is 0.917 bits per heavy atom. The molecule has 0 aliphatic carbocycles. The number of ether oxygens (including phenoxy) is 1. The van der Waals surface area contributed by atoms with Crippen molar-refractivity contribution in [3.05, 3.63) is 77.9 Å². The van der Waals surface area contributed by atoms with Crippen molar-refractivity contribution in [1.82, 2.24) is 10.6 Å². The third-order valence-corrected chi connectivity index (χ3v) is 3.13. The first kappa shape index (κ1) is 17.3. The van der Waals surface area contributed by atoms with Crippen LogP contribution in [-0.4, -0.2) is 25.1 Å². The maximum Gasteiger partial charge on any atom is 0.407 e. The Kier molecular flexibility index (Phi) is 7.08. The molecule has 2 aromatic carbocycles. The van der Waals surface area contributed by atoms with Gasteiger partial charge in [-0.1, -0.05) is 72.8 Å². The predicted octanol–water partition coefficient (Wildman–Crippen LogP) is 2.74. The first-order chi connectivity index (χ1) is 11.7. The lowest BCUT2D eigenvalue weighted by Gasteiger charge is -2.07. The fourth-order valence-corrected chi connectivity index (χ4v) is 1.92. The second-order valence-electron chi connectivity index (χ2n) is 5.03.